The van der Waals surface area contributed by atoms with Crippen molar-refractivity contribution in [2.24, 2.45) is 0 Å². The lowest BCUT2D eigenvalue weighted by molar-refractivity contribution is 0.0983. The highest BCUT2D eigenvalue weighted by Gasteiger charge is 2.17. The Balaban J connectivity index is 2.43. The molecule has 0 saturated heterocycles. The predicted octanol–water partition coefficient (Wildman–Crippen LogP) is 2.69. The molecule has 1 N–H and O–H groups in total. The number of hydrogen-bond donors (Lipinski definition) is 1. The minimum absolute atomic E-state index is 0.279. The molecule has 1 aliphatic rings. The molecule has 1 heterocycles. The predicted molar refractivity (Wildman–Crippen MR) is 55.6 cm³/mol. The largest absolute Gasteiger partial charge is 0.360 e. The SMILES string of the molecule is O=C1CCCc2cccc3[nH]cc1c23. The van der Waals surface area contributed by atoms with E-state index in [2.05, 4.69) is 11.1 Å². The number of nitrogens with one attached hydrogen (secondary N) is 1. The minimum Gasteiger partial charge on any atom is -0.360 e. The number of H-pyrrole nitrogens is 1. The van der Waals surface area contributed by atoms with Gasteiger partial charge in [0.15, 0.2) is 5.78 Å². The summed E-state index contributed by atoms with van der Waals surface area (Å²) in [6.45, 7) is 0. The third-order valence-electron chi connectivity index (χ3n) is 2.94. The maximum absolute atomic E-state index is 11.7. The Morgan fingerprint density at radius 2 is 2.14 bits per heavy atom. The summed E-state index contributed by atoms with van der Waals surface area (Å²) in [5.74, 6) is 0.279. The maximum Gasteiger partial charge on any atom is 0.165 e. The van der Waals surface area contributed by atoms with Gasteiger partial charge in [0.2, 0.25) is 0 Å². The van der Waals surface area contributed by atoms with Crippen molar-refractivity contribution in [1.82, 2.24) is 4.98 Å². The highest BCUT2D eigenvalue weighted by molar-refractivity contribution is 6.09. The Hall–Kier alpha value is -1.57. The zero-order valence-electron chi connectivity index (χ0n) is 7.84. The van der Waals surface area contributed by atoms with E-state index in [4.69, 9.17) is 0 Å². The fourth-order valence-corrected chi connectivity index (χ4v) is 2.26. The van der Waals surface area contributed by atoms with Crippen LogP contribution in [-0.4, -0.2) is 10.8 Å². The van der Waals surface area contributed by atoms with Gasteiger partial charge in [-0.05, 0) is 24.5 Å². The summed E-state index contributed by atoms with van der Waals surface area (Å²) in [7, 11) is 0. The van der Waals surface area contributed by atoms with Crippen LogP contribution in [0.4, 0.5) is 0 Å². The van der Waals surface area contributed by atoms with Crippen LogP contribution >= 0.6 is 0 Å². The number of carbonyl (C=O) groups is 1. The molecule has 0 aliphatic heterocycles. The standard InChI is InChI=1S/C12H11NO/c14-11-6-2-4-8-3-1-5-10-12(8)9(11)7-13-10/h1,3,5,7,13H,2,4,6H2. The molecule has 1 aromatic carbocycles. The van der Waals surface area contributed by atoms with Crippen LogP contribution in [0.3, 0.4) is 0 Å². The molecule has 0 radical (unpaired) electrons. The molecular weight excluding hydrogens is 174 g/mol. The lowest BCUT2D eigenvalue weighted by atomic mass is 10.1. The van der Waals surface area contributed by atoms with Crippen molar-refractivity contribution in [3.63, 3.8) is 0 Å². The van der Waals surface area contributed by atoms with E-state index >= 15 is 0 Å². The van der Waals surface area contributed by atoms with E-state index in [0.29, 0.717) is 6.42 Å². The lowest BCUT2D eigenvalue weighted by Gasteiger charge is -1.99. The second kappa shape index (κ2) is 2.71. The van der Waals surface area contributed by atoms with Crippen LogP contribution in [0, 0.1) is 0 Å². The number of rotatable bonds is 0. The number of aromatic nitrogens is 1. The second-order valence-corrected chi connectivity index (χ2v) is 3.82. The van der Waals surface area contributed by atoms with E-state index in [0.717, 1.165) is 29.3 Å². The van der Waals surface area contributed by atoms with Crippen LogP contribution in [0.15, 0.2) is 24.4 Å². The molecule has 3 rings (SSSR count). The summed E-state index contributed by atoms with van der Waals surface area (Å²) in [6, 6.07) is 6.20. The number of aryl methyl sites for hydroxylation is 1. The zero-order chi connectivity index (χ0) is 9.54. The first-order chi connectivity index (χ1) is 6.86. The summed E-state index contributed by atoms with van der Waals surface area (Å²) in [4.78, 5) is 14.9. The molecule has 0 amide bonds. The van der Waals surface area contributed by atoms with Gasteiger partial charge in [0.1, 0.15) is 0 Å². The topological polar surface area (TPSA) is 32.9 Å². The highest BCUT2D eigenvalue weighted by Crippen LogP contribution is 2.28. The minimum atomic E-state index is 0.279. The molecule has 0 spiro atoms. The number of aromatic amines is 1. The molecule has 70 valence electrons. The molecule has 0 atom stereocenters. The van der Waals surface area contributed by atoms with Crippen LogP contribution in [-0.2, 0) is 6.42 Å². The van der Waals surface area contributed by atoms with Gasteiger partial charge in [0, 0.05) is 29.1 Å². The molecule has 0 bridgehead atoms. The molecule has 2 nitrogen and oxygen atoms in total. The molecule has 1 aliphatic carbocycles. The first-order valence-corrected chi connectivity index (χ1v) is 4.98. The van der Waals surface area contributed by atoms with Crippen molar-refractivity contribution in [3.05, 3.63) is 35.5 Å². The average molecular weight is 185 g/mol. The number of Topliss-reactive ketones (excluding diaryl/α,β-unsaturated/α-hetero) is 1. The lowest BCUT2D eigenvalue weighted by Crippen LogP contribution is -1.94. The Bertz CT molecular complexity index is 510. The van der Waals surface area contributed by atoms with Crippen molar-refractivity contribution in [3.8, 4) is 0 Å². The van der Waals surface area contributed by atoms with Crippen molar-refractivity contribution >= 4 is 16.7 Å². The Kier molecular flexibility index (Phi) is 1.51. The van der Waals surface area contributed by atoms with Gasteiger partial charge in [0.05, 0.1) is 0 Å². The number of carbonyl (C=O) groups excluding carboxylic acids is 1. The summed E-state index contributed by atoms with van der Waals surface area (Å²) in [5.41, 5.74) is 3.28. The van der Waals surface area contributed by atoms with Crippen LogP contribution < -0.4 is 0 Å². The first-order valence-electron chi connectivity index (χ1n) is 4.98. The first kappa shape index (κ1) is 7.80. The van der Waals surface area contributed by atoms with Gasteiger partial charge in [-0.3, -0.25) is 4.79 Å². The van der Waals surface area contributed by atoms with Crippen molar-refractivity contribution < 1.29 is 4.79 Å². The normalized spacial score (nSPS) is 15.9. The van der Waals surface area contributed by atoms with Gasteiger partial charge in [-0.1, -0.05) is 12.1 Å². The zero-order valence-corrected chi connectivity index (χ0v) is 7.84. The Morgan fingerprint density at radius 1 is 1.21 bits per heavy atom. The quantitative estimate of drug-likeness (QED) is 0.672. The van der Waals surface area contributed by atoms with Gasteiger partial charge in [0.25, 0.3) is 0 Å². The van der Waals surface area contributed by atoms with E-state index in [-0.39, 0.29) is 5.78 Å². The van der Waals surface area contributed by atoms with E-state index in [9.17, 15) is 4.79 Å². The third kappa shape index (κ3) is 0.939. The number of hydrogen-bond acceptors (Lipinski definition) is 1. The van der Waals surface area contributed by atoms with Crippen LogP contribution in [0.5, 0.6) is 0 Å². The van der Waals surface area contributed by atoms with Crippen molar-refractivity contribution in [1.29, 1.82) is 0 Å². The van der Waals surface area contributed by atoms with Crippen LogP contribution in [0.2, 0.25) is 0 Å². The van der Waals surface area contributed by atoms with Gasteiger partial charge in [-0.25, -0.2) is 0 Å². The van der Waals surface area contributed by atoms with E-state index in [1.807, 2.05) is 18.3 Å². The van der Waals surface area contributed by atoms with Gasteiger partial charge >= 0.3 is 0 Å². The number of benzene rings is 1. The fraction of sp³-hybridized carbons (Fsp3) is 0.250. The monoisotopic (exact) mass is 185 g/mol. The van der Waals surface area contributed by atoms with Crippen molar-refractivity contribution in [2.75, 3.05) is 0 Å². The molecule has 0 unspecified atom stereocenters. The fourth-order valence-electron chi connectivity index (χ4n) is 2.26. The van der Waals surface area contributed by atoms with Gasteiger partial charge in [-0.15, -0.1) is 0 Å². The Morgan fingerprint density at radius 3 is 3.07 bits per heavy atom. The summed E-state index contributed by atoms with van der Waals surface area (Å²) in [5, 5.41) is 1.15. The van der Waals surface area contributed by atoms with Crippen LogP contribution in [0.25, 0.3) is 10.9 Å². The summed E-state index contributed by atoms with van der Waals surface area (Å²) < 4.78 is 0. The molecule has 0 fully saturated rings. The Labute approximate surface area is 81.9 Å². The van der Waals surface area contributed by atoms with Crippen molar-refractivity contribution in [2.45, 2.75) is 19.3 Å². The smallest absolute Gasteiger partial charge is 0.165 e. The molecule has 2 heteroatoms. The molecule has 1 aromatic heterocycles. The third-order valence-corrected chi connectivity index (χ3v) is 2.94. The average Bonchev–Trinajstić information content (AvgIpc) is 2.54. The molecule has 0 saturated carbocycles. The van der Waals surface area contributed by atoms with E-state index in [1.165, 1.54) is 5.56 Å². The molecule has 2 aromatic rings. The second-order valence-electron chi connectivity index (χ2n) is 3.82. The van der Waals surface area contributed by atoms with Gasteiger partial charge in [-0.2, -0.15) is 0 Å². The number of ketones is 1. The summed E-state index contributed by atoms with van der Waals surface area (Å²) >= 11 is 0. The maximum atomic E-state index is 11.7. The highest BCUT2D eigenvalue weighted by atomic mass is 16.1. The van der Waals surface area contributed by atoms with Gasteiger partial charge < -0.3 is 4.98 Å². The van der Waals surface area contributed by atoms with E-state index < -0.39 is 0 Å². The molecule has 14 heavy (non-hydrogen) atoms. The summed E-state index contributed by atoms with van der Waals surface area (Å²) in [6.07, 6.45) is 4.53. The van der Waals surface area contributed by atoms with Crippen LogP contribution in [0.1, 0.15) is 28.8 Å². The van der Waals surface area contributed by atoms with E-state index in [1.54, 1.807) is 0 Å². The molecular formula is C12H11NO.